The fourth-order valence-corrected chi connectivity index (χ4v) is 0.786. The van der Waals surface area contributed by atoms with Gasteiger partial charge in [0.05, 0.1) is 12.8 Å². The molecule has 0 aliphatic carbocycles. The Labute approximate surface area is 79.4 Å². The molecule has 14 heavy (non-hydrogen) atoms. The SMILES string of the molecule is COC(=O)n1cnc(/C=C/C(=O)O)c1. The molecule has 0 aliphatic heterocycles. The number of hydrogen-bond donors (Lipinski definition) is 1. The normalized spacial score (nSPS) is 10.4. The van der Waals surface area contributed by atoms with Crippen LogP contribution in [0.15, 0.2) is 18.6 Å². The Balaban J connectivity index is 2.78. The number of methoxy groups -OCH3 is 1. The van der Waals surface area contributed by atoms with Crippen LogP contribution in [0.5, 0.6) is 0 Å². The first-order valence-electron chi connectivity index (χ1n) is 3.67. The van der Waals surface area contributed by atoms with Gasteiger partial charge in [0.15, 0.2) is 0 Å². The average Bonchev–Trinajstić information content (AvgIpc) is 2.62. The van der Waals surface area contributed by atoms with Gasteiger partial charge < -0.3 is 9.84 Å². The minimum Gasteiger partial charge on any atom is -0.478 e. The quantitative estimate of drug-likeness (QED) is 0.700. The third-order valence-electron chi connectivity index (χ3n) is 1.38. The van der Waals surface area contributed by atoms with Gasteiger partial charge in [-0.2, -0.15) is 0 Å². The van der Waals surface area contributed by atoms with E-state index < -0.39 is 12.1 Å². The fourth-order valence-electron chi connectivity index (χ4n) is 0.786. The van der Waals surface area contributed by atoms with Gasteiger partial charge in [0.2, 0.25) is 0 Å². The van der Waals surface area contributed by atoms with Gasteiger partial charge in [-0.3, -0.25) is 0 Å². The monoisotopic (exact) mass is 196 g/mol. The Bertz CT molecular complexity index is 380. The molecule has 0 aliphatic rings. The van der Waals surface area contributed by atoms with Crippen molar-refractivity contribution < 1.29 is 19.4 Å². The molecule has 1 rings (SSSR count). The predicted octanol–water partition coefficient (Wildman–Crippen LogP) is 0.595. The van der Waals surface area contributed by atoms with E-state index in [1.165, 1.54) is 25.7 Å². The standard InChI is InChI=1S/C8H8N2O4/c1-14-8(13)10-4-6(9-5-10)2-3-7(11)12/h2-5H,1H3,(H,11,12)/b3-2+. The maximum absolute atomic E-state index is 10.9. The van der Waals surface area contributed by atoms with Crippen molar-refractivity contribution in [3.8, 4) is 0 Å². The van der Waals surface area contributed by atoms with E-state index in [4.69, 9.17) is 5.11 Å². The summed E-state index contributed by atoms with van der Waals surface area (Å²) in [4.78, 5) is 24.9. The Morgan fingerprint density at radius 3 is 2.93 bits per heavy atom. The topological polar surface area (TPSA) is 81.4 Å². The Hall–Kier alpha value is -2.11. The molecule has 0 bridgehead atoms. The number of ether oxygens (including phenoxy) is 1. The van der Waals surface area contributed by atoms with Gasteiger partial charge in [0.1, 0.15) is 6.33 Å². The molecule has 6 nitrogen and oxygen atoms in total. The molecule has 0 spiro atoms. The van der Waals surface area contributed by atoms with Crippen LogP contribution in [0, 0.1) is 0 Å². The number of aromatic nitrogens is 2. The van der Waals surface area contributed by atoms with Crippen molar-refractivity contribution in [3.05, 3.63) is 24.3 Å². The first kappa shape index (κ1) is 9.97. The Morgan fingerprint density at radius 2 is 2.36 bits per heavy atom. The maximum Gasteiger partial charge on any atom is 0.418 e. The zero-order valence-corrected chi connectivity index (χ0v) is 7.38. The highest BCUT2D eigenvalue weighted by Crippen LogP contribution is 1.99. The van der Waals surface area contributed by atoms with Crippen LogP contribution < -0.4 is 0 Å². The Morgan fingerprint density at radius 1 is 1.64 bits per heavy atom. The van der Waals surface area contributed by atoms with E-state index in [0.29, 0.717) is 5.69 Å². The van der Waals surface area contributed by atoms with Crippen LogP contribution in [0.25, 0.3) is 6.08 Å². The van der Waals surface area contributed by atoms with Crippen molar-refractivity contribution in [1.29, 1.82) is 0 Å². The molecular weight excluding hydrogens is 188 g/mol. The van der Waals surface area contributed by atoms with E-state index in [1.807, 2.05) is 0 Å². The van der Waals surface area contributed by atoms with Gasteiger partial charge in [-0.15, -0.1) is 0 Å². The molecular formula is C8H8N2O4. The largest absolute Gasteiger partial charge is 0.478 e. The van der Waals surface area contributed by atoms with Crippen LogP contribution in [0.4, 0.5) is 4.79 Å². The lowest BCUT2D eigenvalue weighted by Crippen LogP contribution is -2.08. The van der Waals surface area contributed by atoms with Crippen LogP contribution in [-0.4, -0.2) is 33.8 Å². The summed E-state index contributed by atoms with van der Waals surface area (Å²) < 4.78 is 5.53. The lowest BCUT2D eigenvalue weighted by Gasteiger charge is -1.94. The smallest absolute Gasteiger partial charge is 0.418 e. The van der Waals surface area contributed by atoms with Crippen molar-refractivity contribution in [2.75, 3.05) is 7.11 Å². The predicted molar refractivity (Wildman–Crippen MR) is 46.7 cm³/mol. The minimum atomic E-state index is -1.07. The molecule has 74 valence electrons. The maximum atomic E-state index is 10.9. The molecule has 0 fully saturated rings. The molecule has 0 saturated carbocycles. The summed E-state index contributed by atoms with van der Waals surface area (Å²) in [5, 5.41) is 8.32. The van der Waals surface area contributed by atoms with E-state index in [1.54, 1.807) is 0 Å². The summed E-state index contributed by atoms with van der Waals surface area (Å²) in [7, 11) is 1.25. The van der Waals surface area contributed by atoms with Crippen LogP contribution in [0.3, 0.4) is 0 Å². The molecule has 0 radical (unpaired) electrons. The van der Waals surface area contributed by atoms with Crippen LogP contribution >= 0.6 is 0 Å². The number of carboxylic acid groups (broad SMARTS) is 1. The minimum absolute atomic E-state index is 0.373. The second-order valence-electron chi connectivity index (χ2n) is 2.35. The van der Waals surface area contributed by atoms with Crippen molar-refractivity contribution in [1.82, 2.24) is 9.55 Å². The lowest BCUT2D eigenvalue weighted by molar-refractivity contribution is -0.131. The van der Waals surface area contributed by atoms with Crippen molar-refractivity contribution in [2.45, 2.75) is 0 Å². The van der Waals surface area contributed by atoms with Gasteiger partial charge in [-0.1, -0.05) is 0 Å². The third-order valence-corrected chi connectivity index (χ3v) is 1.38. The number of carbonyl (C=O) groups is 2. The summed E-state index contributed by atoms with van der Waals surface area (Å²) in [6.45, 7) is 0. The number of imidazole rings is 1. The average molecular weight is 196 g/mol. The van der Waals surface area contributed by atoms with E-state index in [9.17, 15) is 9.59 Å². The van der Waals surface area contributed by atoms with Gasteiger partial charge in [0.25, 0.3) is 0 Å². The van der Waals surface area contributed by atoms with Gasteiger partial charge in [0, 0.05) is 12.3 Å². The molecule has 1 aromatic heterocycles. The number of rotatable bonds is 2. The molecule has 0 atom stereocenters. The first-order valence-corrected chi connectivity index (χ1v) is 3.67. The van der Waals surface area contributed by atoms with E-state index in [2.05, 4.69) is 9.72 Å². The number of aliphatic carboxylic acids is 1. The molecule has 1 heterocycles. The summed E-state index contributed by atoms with van der Waals surface area (Å²) in [5.41, 5.74) is 0.373. The van der Waals surface area contributed by atoms with Gasteiger partial charge in [-0.25, -0.2) is 19.1 Å². The molecule has 0 unspecified atom stereocenters. The third kappa shape index (κ3) is 2.44. The summed E-state index contributed by atoms with van der Waals surface area (Å²) in [6, 6.07) is 0. The van der Waals surface area contributed by atoms with E-state index in [-0.39, 0.29) is 0 Å². The molecule has 1 N–H and O–H groups in total. The van der Waals surface area contributed by atoms with E-state index >= 15 is 0 Å². The highest BCUT2D eigenvalue weighted by Gasteiger charge is 2.03. The zero-order chi connectivity index (χ0) is 10.6. The number of hydrogen-bond acceptors (Lipinski definition) is 4. The fraction of sp³-hybridized carbons (Fsp3) is 0.125. The lowest BCUT2D eigenvalue weighted by atomic mass is 10.4. The zero-order valence-electron chi connectivity index (χ0n) is 7.38. The van der Waals surface area contributed by atoms with Gasteiger partial charge >= 0.3 is 12.1 Å². The van der Waals surface area contributed by atoms with Crippen molar-refractivity contribution in [2.24, 2.45) is 0 Å². The second-order valence-corrected chi connectivity index (χ2v) is 2.35. The van der Waals surface area contributed by atoms with Crippen LogP contribution in [0.1, 0.15) is 5.69 Å². The second kappa shape index (κ2) is 4.22. The molecule has 0 amide bonds. The van der Waals surface area contributed by atoms with Crippen LogP contribution in [-0.2, 0) is 9.53 Å². The molecule has 0 aromatic carbocycles. The number of nitrogens with zero attached hydrogens (tertiary/aromatic N) is 2. The highest BCUT2D eigenvalue weighted by molar-refractivity contribution is 5.85. The Kier molecular flexibility index (Phi) is 3.01. The highest BCUT2D eigenvalue weighted by atomic mass is 16.5. The number of carbonyl (C=O) groups excluding carboxylic acids is 1. The molecule has 6 heteroatoms. The van der Waals surface area contributed by atoms with Crippen molar-refractivity contribution >= 4 is 18.1 Å². The van der Waals surface area contributed by atoms with Crippen molar-refractivity contribution in [3.63, 3.8) is 0 Å². The van der Waals surface area contributed by atoms with Crippen LogP contribution in [0.2, 0.25) is 0 Å². The summed E-state index contributed by atoms with van der Waals surface area (Å²) >= 11 is 0. The summed E-state index contributed by atoms with van der Waals surface area (Å²) in [6.07, 6.45) is 4.25. The summed E-state index contributed by atoms with van der Waals surface area (Å²) in [5.74, 6) is -1.07. The van der Waals surface area contributed by atoms with E-state index in [0.717, 1.165) is 10.6 Å². The van der Waals surface area contributed by atoms with Gasteiger partial charge in [-0.05, 0) is 6.08 Å². The number of carboxylic acids is 1. The first-order chi connectivity index (χ1) is 6.63. The molecule has 0 saturated heterocycles. The molecule has 1 aromatic rings.